The normalized spacial score (nSPS) is 51.5. The summed E-state index contributed by atoms with van der Waals surface area (Å²) in [5.41, 5.74) is -1.07. The van der Waals surface area contributed by atoms with Gasteiger partial charge in [-0.1, -0.05) is 39.3 Å². The van der Waals surface area contributed by atoms with Gasteiger partial charge < -0.3 is 70.0 Å². The number of rotatable bonds is 11. The maximum absolute atomic E-state index is 12.2. The predicted molar refractivity (Wildman–Crippen MR) is 198 cm³/mol. The van der Waals surface area contributed by atoms with Crippen LogP contribution in [-0.2, 0) is 18.9 Å². The highest BCUT2D eigenvalue weighted by Crippen LogP contribution is 2.75. The van der Waals surface area contributed by atoms with Crippen molar-refractivity contribution in [2.24, 2.45) is 44.8 Å². The maximum Gasteiger partial charge on any atom is 0.187 e. The van der Waals surface area contributed by atoms with E-state index in [1.54, 1.807) is 0 Å². The SMILES string of the molecule is C/C(=C/CC[C@]1(CO)CC[C@]2(CO)[C@H](CC[C@@H]3[C@@]4(C)CC[C@H](OC5OCC(O)C(O)C5OC5OC(CO)C(O)C(O)C5O)C(C)(C)[C@@H]4CC[C@]32C)[C@H]1O)CO. The van der Waals surface area contributed by atoms with Crippen LogP contribution in [0.2, 0.25) is 0 Å². The van der Waals surface area contributed by atoms with E-state index >= 15 is 0 Å². The van der Waals surface area contributed by atoms with Gasteiger partial charge in [0.05, 0.1) is 38.6 Å². The molecule has 0 radical (unpaired) electrons. The number of hydrogen-bond donors (Lipinski definition) is 10. The molecule has 2 heterocycles. The standard InChI is InChI=1S/C41H70O14/c1-22(17-42)7-6-12-40(20-44)15-16-41(21-45)23(34(40)51)8-9-27-38(4)13-11-28(37(2,3)26(38)10-14-39(27,41)5)54-36-33(29(47)24(46)19-52-36)55-35-32(50)31(49)30(48)25(18-43)53-35/h7,23-36,42-51H,6,8-21H2,1-5H3/b22-7-/t23-,24?,25?,26+,27-,28+,29?,30?,31?,32?,33?,34-,35?,36?,38+,39-,40-,41+/m1/s1. The molecule has 6 fully saturated rings. The molecule has 0 bridgehead atoms. The van der Waals surface area contributed by atoms with Crippen LogP contribution in [0.25, 0.3) is 0 Å². The molecule has 4 aliphatic carbocycles. The number of aliphatic hydroxyl groups is 10. The summed E-state index contributed by atoms with van der Waals surface area (Å²) in [5.74, 6) is 0.317. The van der Waals surface area contributed by atoms with E-state index in [9.17, 15) is 51.1 Å². The molecular weight excluding hydrogens is 716 g/mol. The Balaban J connectivity index is 1.20. The van der Waals surface area contributed by atoms with Crippen molar-refractivity contribution in [3.8, 4) is 0 Å². The topological polar surface area (TPSA) is 239 Å². The zero-order valence-corrected chi connectivity index (χ0v) is 33.4. The lowest BCUT2D eigenvalue weighted by Gasteiger charge is -2.73. The summed E-state index contributed by atoms with van der Waals surface area (Å²) in [7, 11) is 0. The fraction of sp³-hybridized carbons (Fsp3) is 0.951. The first kappa shape index (κ1) is 43.8. The molecule has 14 heteroatoms. The van der Waals surface area contributed by atoms with Crippen molar-refractivity contribution in [3.05, 3.63) is 11.6 Å². The van der Waals surface area contributed by atoms with E-state index < -0.39 is 84.3 Å². The Kier molecular flexibility index (Phi) is 13.0. The Morgan fingerprint density at radius 1 is 0.745 bits per heavy atom. The third kappa shape index (κ3) is 7.09. The highest BCUT2D eigenvalue weighted by molar-refractivity contribution is 5.19. The van der Waals surface area contributed by atoms with Gasteiger partial charge in [0.15, 0.2) is 12.6 Å². The quantitative estimate of drug-likeness (QED) is 0.103. The number of ether oxygens (including phenoxy) is 4. The fourth-order valence-electron chi connectivity index (χ4n) is 13.1. The van der Waals surface area contributed by atoms with E-state index in [0.717, 1.165) is 44.1 Å². The van der Waals surface area contributed by atoms with Crippen molar-refractivity contribution in [1.29, 1.82) is 0 Å². The first-order chi connectivity index (χ1) is 25.9. The van der Waals surface area contributed by atoms with Gasteiger partial charge in [0, 0.05) is 17.4 Å². The molecule has 0 aromatic rings. The average molecular weight is 787 g/mol. The molecule has 6 aliphatic rings. The second-order valence-electron chi connectivity index (χ2n) is 19.3. The van der Waals surface area contributed by atoms with Crippen molar-refractivity contribution in [3.63, 3.8) is 0 Å². The number of aliphatic hydroxyl groups excluding tert-OH is 10. The van der Waals surface area contributed by atoms with Crippen LogP contribution in [0.3, 0.4) is 0 Å². The van der Waals surface area contributed by atoms with Crippen molar-refractivity contribution in [2.45, 2.75) is 166 Å². The number of allylic oxidation sites excluding steroid dienone is 1. The van der Waals surface area contributed by atoms with Gasteiger partial charge in [0.2, 0.25) is 0 Å². The minimum Gasteiger partial charge on any atom is -0.396 e. The van der Waals surface area contributed by atoms with Crippen LogP contribution >= 0.6 is 0 Å². The molecule has 0 amide bonds. The van der Waals surface area contributed by atoms with Crippen LogP contribution in [0.1, 0.15) is 98.8 Å². The third-order valence-electron chi connectivity index (χ3n) is 16.5. The van der Waals surface area contributed by atoms with E-state index in [1.165, 1.54) is 0 Å². The molecule has 14 nitrogen and oxygen atoms in total. The molecule has 0 spiro atoms. The molecule has 318 valence electrons. The smallest absolute Gasteiger partial charge is 0.187 e. The highest BCUT2D eigenvalue weighted by atomic mass is 16.8. The van der Waals surface area contributed by atoms with Crippen LogP contribution in [0.5, 0.6) is 0 Å². The zero-order chi connectivity index (χ0) is 40.3. The van der Waals surface area contributed by atoms with Crippen LogP contribution in [0, 0.1) is 44.8 Å². The summed E-state index contributed by atoms with van der Waals surface area (Å²) < 4.78 is 24.2. The van der Waals surface area contributed by atoms with E-state index in [2.05, 4.69) is 27.7 Å². The van der Waals surface area contributed by atoms with Gasteiger partial charge in [-0.3, -0.25) is 0 Å². The molecule has 4 saturated carbocycles. The Labute approximate surface area is 325 Å². The monoisotopic (exact) mass is 786 g/mol. The molecule has 9 unspecified atom stereocenters. The lowest BCUT2D eigenvalue weighted by molar-refractivity contribution is -0.367. The number of fused-ring (bicyclic) bond motifs is 5. The summed E-state index contributed by atoms with van der Waals surface area (Å²) in [6.45, 7) is 9.96. The van der Waals surface area contributed by atoms with Crippen LogP contribution in [0.15, 0.2) is 11.6 Å². The largest absolute Gasteiger partial charge is 0.396 e. The van der Waals surface area contributed by atoms with E-state index in [1.807, 2.05) is 13.0 Å². The van der Waals surface area contributed by atoms with Crippen LogP contribution in [-0.4, -0.2) is 152 Å². The van der Waals surface area contributed by atoms with Gasteiger partial charge in [0.1, 0.15) is 42.7 Å². The highest BCUT2D eigenvalue weighted by Gasteiger charge is 2.71. The lowest BCUT2D eigenvalue weighted by atomic mass is 9.32. The molecule has 2 aliphatic heterocycles. The summed E-state index contributed by atoms with van der Waals surface area (Å²) in [6.07, 6.45) is -4.73. The Morgan fingerprint density at radius 3 is 2.13 bits per heavy atom. The first-order valence-corrected chi connectivity index (χ1v) is 20.7. The molecule has 0 aromatic heterocycles. The summed E-state index contributed by atoms with van der Waals surface area (Å²) in [6, 6.07) is 0. The fourth-order valence-corrected chi connectivity index (χ4v) is 13.1. The van der Waals surface area contributed by atoms with Crippen molar-refractivity contribution in [1.82, 2.24) is 0 Å². The molecular formula is C41H70O14. The third-order valence-corrected chi connectivity index (χ3v) is 16.5. The van der Waals surface area contributed by atoms with Crippen LogP contribution < -0.4 is 0 Å². The molecule has 55 heavy (non-hydrogen) atoms. The van der Waals surface area contributed by atoms with Crippen molar-refractivity contribution >= 4 is 0 Å². The molecule has 6 rings (SSSR count). The summed E-state index contributed by atoms with van der Waals surface area (Å²) in [4.78, 5) is 0. The Morgan fingerprint density at radius 2 is 1.47 bits per heavy atom. The number of hydrogen-bond acceptors (Lipinski definition) is 14. The van der Waals surface area contributed by atoms with Crippen molar-refractivity contribution in [2.75, 3.05) is 33.0 Å². The Bertz CT molecular complexity index is 1350. The van der Waals surface area contributed by atoms with Gasteiger partial charge >= 0.3 is 0 Å². The van der Waals surface area contributed by atoms with Gasteiger partial charge in [-0.05, 0) is 105 Å². The minimum atomic E-state index is -1.71. The zero-order valence-electron chi connectivity index (χ0n) is 33.4. The summed E-state index contributed by atoms with van der Waals surface area (Å²) >= 11 is 0. The second kappa shape index (κ2) is 16.3. The first-order valence-electron chi connectivity index (χ1n) is 20.7. The lowest BCUT2D eigenvalue weighted by Crippen LogP contribution is -2.69. The summed E-state index contributed by atoms with van der Waals surface area (Å²) in [5, 5.41) is 106. The molecule has 18 atom stereocenters. The average Bonchev–Trinajstić information content (AvgIpc) is 3.16. The van der Waals surface area contributed by atoms with Crippen LogP contribution in [0.4, 0.5) is 0 Å². The van der Waals surface area contributed by atoms with Crippen molar-refractivity contribution < 1.29 is 70.0 Å². The molecule has 0 aromatic carbocycles. The molecule has 2 saturated heterocycles. The molecule has 10 N–H and O–H groups in total. The van der Waals surface area contributed by atoms with Gasteiger partial charge in [0.25, 0.3) is 0 Å². The predicted octanol–water partition coefficient (Wildman–Crippen LogP) is 0.735. The van der Waals surface area contributed by atoms with E-state index in [-0.39, 0.29) is 61.1 Å². The minimum absolute atomic E-state index is 0.0177. The van der Waals surface area contributed by atoms with Gasteiger partial charge in [-0.15, -0.1) is 0 Å². The van der Waals surface area contributed by atoms with Gasteiger partial charge in [-0.25, -0.2) is 0 Å². The maximum atomic E-state index is 12.2. The van der Waals surface area contributed by atoms with E-state index in [0.29, 0.717) is 25.7 Å². The Hall–Kier alpha value is -0.820. The van der Waals surface area contributed by atoms with E-state index in [4.69, 9.17) is 18.9 Å². The van der Waals surface area contributed by atoms with Gasteiger partial charge in [-0.2, -0.15) is 0 Å². The second-order valence-corrected chi connectivity index (χ2v) is 19.3.